The van der Waals surface area contributed by atoms with Gasteiger partial charge in [-0.25, -0.2) is 10.3 Å². The first-order chi connectivity index (χ1) is 4.67. The van der Waals surface area contributed by atoms with Gasteiger partial charge in [-0.1, -0.05) is 0 Å². The summed E-state index contributed by atoms with van der Waals surface area (Å²) in [5.74, 6) is 4.82. The van der Waals surface area contributed by atoms with Gasteiger partial charge in [-0.3, -0.25) is 0 Å². The topological polar surface area (TPSA) is 47.3 Å². The van der Waals surface area contributed by atoms with Gasteiger partial charge in [0.05, 0.1) is 12.6 Å². The lowest BCUT2D eigenvalue weighted by Crippen LogP contribution is -2.41. The summed E-state index contributed by atoms with van der Waals surface area (Å²) in [7, 11) is 0. The Morgan fingerprint density at radius 2 is 2.60 bits per heavy atom. The quantitative estimate of drug-likeness (QED) is 0.540. The molecule has 0 aromatic rings. The Morgan fingerprint density at radius 3 is 3.00 bits per heavy atom. The third-order valence-corrected chi connectivity index (χ3v) is 1.99. The Bertz CT molecular complexity index is 118. The fourth-order valence-corrected chi connectivity index (χ4v) is 1.21. The van der Waals surface area contributed by atoms with Crippen LogP contribution in [-0.4, -0.2) is 24.9 Å². The summed E-state index contributed by atoms with van der Waals surface area (Å²) >= 11 is 0. The average molecular weight is 148 g/mol. The molecule has 1 aliphatic rings. The number of nitrogens with one attached hydrogen (secondary N) is 1. The molecule has 0 radical (unpaired) electrons. The van der Waals surface area contributed by atoms with Gasteiger partial charge in [0.2, 0.25) is 0 Å². The van der Waals surface area contributed by atoms with E-state index >= 15 is 0 Å². The number of alkyl halides is 1. The highest BCUT2D eigenvalue weighted by Gasteiger charge is 2.38. The van der Waals surface area contributed by atoms with Crippen LogP contribution in [0.25, 0.3) is 0 Å². The fraction of sp³-hybridized carbons (Fsp3) is 1.00. The molecule has 4 heteroatoms. The Morgan fingerprint density at radius 1 is 1.90 bits per heavy atom. The van der Waals surface area contributed by atoms with Crippen molar-refractivity contribution in [3.05, 3.63) is 0 Å². The van der Waals surface area contributed by atoms with E-state index in [0.717, 1.165) is 0 Å². The maximum absolute atomic E-state index is 13.3. The van der Waals surface area contributed by atoms with Crippen molar-refractivity contribution < 1.29 is 9.23 Å². The van der Waals surface area contributed by atoms with Gasteiger partial charge in [0.25, 0.3) is 0 Å². The standard InChI is InChI=1S/C6H13FN2O/c1-6(7)2-3-9-5(6)4-10-8/h5,9H,2-4,8H2,1H3. The molecule has 0 amide bonds. The molecule has 1 rings (SSSR count). The lowest BCUT2D eigenvalue weighted by Gasteiger charge is -2.20. The van der Waals surface area contributed by atoms with E-state index in [4.69, 9.17) is 5.90 Å². The van der Waals surface area contributed by atoms with E-state index in [1.165, 1.54) is 0 Å². The number of rotatable bonds is 2. The zero-order valence-corrected chi connectivity index (χ0v) is 6.06. The van der Waals surface area contributed by atoms with Crippen LogP contribution in [0, 0.1) is 0 Å². The van der Waals surface area contributed by atoms with E-state index in [9.17, 15) is 4.39 Å². The molecule has 60 valence electrons. The molecule has 0 aromatic heterocycles. The lowest BCUT2D eigenvalue weighted by molar-refractivity contribution is 0.0633. The monoisotopic (exact) mass is 148 g/mol. The summed E-state index contributed by atoms with van der Waals surface area (Å²) in [4.78, 5) is 4.36. The van der Waals surface area contributed by atoms with E-state index in [2.05, 4.69) is 10.2 Å². The smallest absolute Gasteiger partial charge is 0.127 e. The van der Waals surface area contributed by atoms with E-state index in [1.807, 2.05) is 0 Å². The van der Waals surface area contributed by atoms with Crippen LogP contribution < -0.4 is 11.2 Å². The molecule has 1 fully saturated rings. The van der Waals surface area contributed by atoms with E-state index in [-0.39, 0.29) is 12.6 Å². The largest absolute Gasteiger partial charge is 0.309 e. The summed E-state index contributed by atoms with van der Waals surface area (Å²) in [6, 6.07) is -0.238. The Labute approximate surface area is 59.7 Å². The molecule has 10 heavy (non-hydrogen) atoms. The van der Waals surface area contributed by atoms with Crippen LogP contribution in [0.3, 0.4) is 0 Å². The molecule has 1 heterocycles. The molecule has 3 nitrogen and oxygen atoms in total. The third kappa shape index (κ3) is 1.45. The van der Waals surface area contributed by atoms with E-state index in [0.29, 0.717) is 13.0 Å². The second-order valence-electron chi connectivity index (χ2n) is 2.87. The summed E-state index contributed by atoms with van der Waals surface area (Å²) < 4.78 is 13.3. The second-order valence-corrected chi connectivity index (χ2v) is 2.87. The number of hydrogen-bond acceptors (Lipinski definition) is 3. The minimum atomic E-state index is -1.15. The average Bonchev–Trinajstić information content (AvgIpc) is 2.13. The van der Waals surface area contributed by atoms with Crippen molar-refractivity contribution in [1.82, 2.24) is 5.32 Å². The zero-order chi connectivity index (χ0) is 7.61. The molecule has 3 N–H and O–H groups in total. The summed E-state index contributed by atoms with van der Waals surface area (Å²) in [6.07, 6.45) is 0.543. The summed E-state index contributed by atoms with van der Waals surface area (Å²) in [5, 5.41) is 2.97. The van der Waals surface area contributed by atoms with Crippen molar-refractivity contribution in [2.45, 2.75) is 25.1 Å². The predicted molar refractivity (Wildman–Crippen MR) is 36.1 cm³/mol. The van der Waals surface area contributed by atoms with Crippen molar-refractivity contribution in [3.63, 3.8) is 0 Å². The predicted octanol–water partition coefficient (Wildman–Crippen LogP) is -0.0332. The third-order valence-electron chi connectivity index (χ3n) is 1.99. The minimum Gasteiger partial charge on any atom is -0.309 e. The van der Waals surface area contributed by atoms with Crippen LogP contribution in [0.15, 0.2) is 0 Å². The molecule has 1 saturated heterocycles. The molecular weight excluding hydrogens is 135 g/mol. The molecule has 0 spiro atoms. The van der Waals surface area contributed by atoms with Crippen LogP contribution in [-0.2, 0) is 4.84 Å². The first-order valence-electron chi connectivity index (χ1n) is 3.41. The highest BCUT2D eigenvalue weighted by atomic mass is 19.1. The van der Waals surface area contributed by atoms with Gasteiger partial charge >= 0.3 is 0 Å². The molecular formula is C6H13FN2O. The van der Waals surface area contributed by atoms with Gasteiger partial charge in [-0.05, 0) is 19.9 Å². The lowest BCUT2D eigenvalue weighted by atomic mass is 10.0. The highest BCUT2D eigenvalue weighted by Crippen LogP contribution is 2.24. The van der Waals surface area contributed by atoms with Crippen LogP contribution >= 0.6 is 0 Å². The Balaban J connectivity index is 2.43. The first kappa shape index (κ1) is 7.91. The van der Waals surface area contributed by atoms with Crippen LogP contribution in [0.2, 0.25) is 0 Å². The highest BCUT2D eigenvalue weighted by molar-refractivity contribution is 4.94. The van der Waals surface area contributed by atoms with Crippen molar-refractivity contribution >= 4 is 0 Å². The van der Waals surface area contributed by atoms with Crippen molar-refractivity contribution in [2.24, 2.45) is 5.90 Å². The van der Waals surface area contributed by atoms with Gasteiger partial charge in [-0.2, -0.15) is 0 Å². The Kier molecular flexibility index (Phi) is 2.23. The second kappa shape index (κ2) is 2.82. The Hall–Kier alpha value is -0.190. The normalized spacial score (nSPS) is 40.5. The maximum atomic E-state index is 13.3. The molecule has 1 aliphatic heterocycles. The molecule has 0 bridgehead atoms. The van der Waals surface area contributed by atoms with Gasteiger partial charge in [0, 0.05) is 0 Å². The van der Waals surface area contributed by atoms with Crippen molar-refractivity contribution in [3.8, 4) is 0 Å². The van der Waals surface area contributed by atoms with Crippen LogP contribution in [0.4, 0.5) is 4.39 Å². The number of nitrogens with two attached hydrogens (primary N) is 1. The SMILES string of the molecule is CC1(F)CCNC1CON. The summed E-state index contributed by atoms with van der Waals surface area (Å²) in [6.45, 7) is 2.52. The molecule has 0 aliphatic carbocycles. The number of halogens is 1. The van der Waals surface area contributed by atoms with Gasteiger partial charge in [0.1, 0.15) is 5.67 Å². The van der Waals surface area contributed by atoms with Crippen molar-refractivity contribution in [2.75, 3.05) is 13.2 Å². The van der Waals surface area contributed by atoms with Gasteiger partial charge in [0.15, 0.2) is 0 Å². The zero-order valence-electron chi connectivity index (χ0n) is 6.06. The van der Waals surface area contributed by atoms with Crippen LogP contribution in [0.1, 0.15) is 13.3 Å². The number of hydrogen-bond donors (Lipinski definition) is 2. The maximum Gasteiger partial charge on any atom is 0.127 e. The first-order valence-corrected chi connectivity index (χ1v) is 3.41. The molecule has 2 atom stereocenters. The molecule has 0 saturated carbocycles. The van der Waals surface area contributed by atoms with Gasteiger partial charge < -0.3 is 10.2 Å². The van der Waals surface area contributed by atoms with Gasteiger partial charge in [-0.15, -0.1) is 0 Å². The minimum absolute atomic E-state index is 0.238. The summed E-state index contributed by atoms with van der Waals surface area (Å²) in [5.41, 5.74) is -1.15. The van der Waals surface area contributed by atoms with E-state index in [1.54, 1.807) is 6.92 Å². The molecule has 2 unspecified atom stereocenters. The van der Waals surface area contributed by atoms with Crippen LogP contribution in [0.5, 0.6) is 0 Å². The van der Waals surface area contributed by atoms with Crippen molar-refractivity contribution in [1.29, 1.82) is 0 Å². The fourth-order valence-electron chi connectivity index (χ4n) is 1.21. The van der Waals surface area contributed by atoms with E-state index < -0.39 is 5.67 Å². The molecule has 0 aromatic carbocycles.